The van der Waals surface area contributed by atoms with Gasteiger partial charge in [0.05, 0.1) is 0 Å². The summed E-state index contributed by atoms with van der Waals surface area (Å²) in [6.07, 6.45) is -4.21. The molecule has 0 saturated heterocycles. The number of carbonyl (C=O) groups is 2. The van der Waals surface area contributed by atoms with Crippen molar-refractivity contribution in [2.75, 3.05) is 11.9 Å². The van der Waals surface area contributed by atoms with E-state index < -0.39 is 23.9 Å². The van der Waals surface area contributed by atoms with Crippen LogP contribution in [0.5, 0.6) is 5.75 Å². The van der Waals surface area contributed by atoms with Gasteiger partial charge in [0.25, 0.3) is 0 Å². The van der Waals surface area contributed by atoms with E-state index in [4.69, 9.17) is 0 Å². The van der Waals surface area contributed by atoms with Crippen LogP contribution < -0.4 is 15.4 Å². The fourth-order valence-corrected chi connectivity index (χ4v) is 4.21. The third-order valence-corrected chi connectivity index (χ3v) is 5.85. The molecule has 0 unspecified atom stereocenters. The van der Waals surface area contributed by atoms with Crippen LogP contribution in [0.3, 0.4) is 0 Å². The van der Waals surface area contributed by atoms with Crippen LogP contribution in [0.4, 0.5) is 18.9 Å². The molecular formula is C19H15F3N2O3S2. The highest BCUT2D eigenvalue weighted by Crippen LogP contribution is 2.31. The molecule has 2 N–H and O–H groups in total. The molecule has 0 aliphatic rings. The highest BCUT2D eigenvalue weighted by Gasteiger charge is 2.31. The van der Waals surface area contributed by atoms with Crippen molar-refractivity contribution >= 4 is 40.2 Å². The molecule has 2 amide bonds. The molecule has 0 aliphatic heterocycles. The van der Waals surface area contributed by atoms with Gasteiger partial charge in [-0.2, -0.15) is 0 Å². The Morgan fingerprint density at radius 2 is 1.72 bits per heavy atom. The maximum absolute atomic E-state index is 12.1. The Bertz CT molecular complexity index is 968. The van der Waals surface area contributed by atoms with E-state index in [1.165, 1.54) is 17.0 Å². The van der Waals surface area contributed by atoms with Gasteiger partial charge in [0, 0.05) is 26.9 Å². The van der Waals surface area contributed by atoms with Crippen LogP contribution >= 0.6 is 22.7 Å². The topological polar surface area (TPSA) is 67.4 Å². The number of anilines is 1. The lowest BCUT2D eigenvalue weighted by Gasteiger charge is -2.10. The largest absolute Gasteiger partial charge is 0.573 e. The minimum atomic E-state index is -4.79. The van der Waals surface area contributed by atoms with Crippen molar-refractivity contribution in [3.05, 3.63) is 58.8 Å². The molecule has 152 valence electrons. The molecule has 0 spiro atoms. The van der Waals surface area contributed by atoms with Gasteiger partial charge in [-0.3, -0.25) is 9.59 Å². The van der Waals surface area contributed by atoms with Crippen molar-refractivity contribution in [1.29, 1.82) is 0 Å². The number of rotatable bonds is 6. The van der Waals surface area contributed by atoms with E-state index in [0.717, 1.165) is 21.9 Å². The van der Waals surface area contributed by atoms with Gasteiger partial charge in [0.2, 0.25) is 0 Å². The quantitative estimate of drug-likeness (QED) is 0.548. The molecule has 0 fully saturated rings. The lowest BCUT2D eigenvalue weighted by molar-refractivity contribution is -0.274. The van der Waals surface area contributed by atoms with Gasteiger partial charge in [-0.15, -0.1) is 35.8 Å². The Morgan fingerprint density at radius 3 is 2.38 bits per heavy atom. The summed E-state index contributed by atoms with van der Waals surface area (Å²) >= 11 is 3.28. The summed E-state index contributed by atoms with van der Waals surface area (Å²) < 4.78 is 40.1. The van der Waals surface area contributed by atoms with Crippen molar-refractivity contribution in [1.82, 2.24) is 5.32 Å². The molecule has 0 saturated carbocycles. The molecule has 0 aliphatic carbocycles. The lowest BCUT2D eigenvalue weighted by atomic mass is 10.3. The summed E-state index contributed by atoms with van der Waals surface area (Å²) in [5.74, 6) is -2.14. The van der Waals surface area contributed by atoms with Crippen LogP contribution in [0.25, 0.3) is 9.75 Å². The molecule has 0 atom stereocenters. The molecule has 10 heteroatoms. The van der Waals surface area contributed by atoms with Gasteiger partial charge in [-0.25, -0.2) is 0 Å². The molecule has 2 heterocycles. The van der Waals surface area contributed by atoms with Crippen LogP contribution in [-0.2, 0) is 16.0 Å². The second kappa shape index (κ2) is 9.10. The third-order valence-electron chi connectivity index (χ3n) is 3.63. The Hall–Kier alpha value is -2.85. The smallest absolute Gasteiger partial charge is 0.406 e. The summed E-state index contributed by atoms with van der Waals surface area (Å²) in [6, 6.07) is 12.5. The zero-order chi connectivity index (χ0) is 20.9. The van der Waals surface area contributed by atoms with Crippen LogP contribution in [0.2, 0.25) is 0 Å². The van der Waals surface area contributed by atoms with E-state index >= 15 is 0 Å². The summed E-state index contributed by atoms with van der Waals surface area (Å²) in [6.45, 7) is 0.287. The predicted molar refractivity (Wildman–Crippen MR) is 106 cm³/mol. The minimum Gasteiger partial charge on any atom is -0.406 e. The van der Waals surface area contributed by atoms with Crippen LogP contribution in [0, 0.1) is 0 Å². The van der Waals surface area contributed by atoms with Crippen molar-refractivity contribution in [3.8, 4) is 15.5 Å². The van der Waals surface area contributed by atoms with E-state index in [2.05, 4.69) is 15.4 Å². The standard InChI is InChI=1S/C19H15F3N2O3S2/c20-19(21,22)27-13-5-3-12(4-6-13)24-18(26)17(25)23-10-9-14-7-8-16(29-14)15-2-1-11-28-15/h1-8,11H,9-10H2,(H,23,25)(H,24,26). The van der Waals surface area contributed by atoms with E-state index in [9.17, 15) is 22.8 Å². The van der Waals surface area contributed by atoms with Crippen molar-refractivity contribution in [2.45, 2.75) is 12.8 Å². The second-order valence-electron chi connectivity index (χ2n) is 5.78. The highest BCUT2D eigenvalue weighted by atomic mass is 32.1. The third kappa shape index (κ3) is 6.33. The number of hydrogen-bond donors (Lipinski definition) is 2. The first kappa shape index (κ1) is 20.9. The maximum atomic E-state index is 12.1. The average molecular weight is 440 g/mol. The molecule has 3 aromatic rings. The van der Waals surface area contributed by atoms with Crippen LogP contribution in [-0.4, -0.2) is 24.7 Å². The fraction of sp³-hybridized carbons (Fsp3) is 0.158. The first-order valence-corrected chi connectivity index (χ1v) is 10.1. The monoisotopic (exact) mass is 440 g/mol. The number of alkyl halides is 3. The molecule has 29 heavy (non-hydrogen) atoms. The zero-order valence-electron chi connectivity index (χ0n) is 14.8. The summed E-state index contributed by atoms with van der Waals surface area (Å²) in [4.78, 5) is 27.2. The summed E-state index contributed by atoms with van der Waals surface area (Å²) in [5.41, 5.74) is 0.179. The van der Waals surface area contributed by atoms with Gasteiger partial charge >= 0.3 is 18.2 Å². The number of ether oxygens (including phenoxy) is 1. The van der Waals surface area contributed by atoms with Gasteiger partial charge in [-0.1, -0.05) is 6.07 Å². The van der Waals surface area contributed by atoms with E-state index in [-0.39, 0.29) is 12.2 Å². The van der Waals surface area contributed by atoms with Gasteiger partial charge in [0.15, 0.2) is 0 Å². The average Bonchev–Trinajstić information content (AvgIpc) is 3.33. The number of benzene rings is 1. The molecule has 0 radical (unpaired) electrons. The number of hydrogen-bond acceptors (Lipinski definition) is 5. The Kier molecular flexibility index (Phi) is 6.55. The normalized spacial score (nSPS) is 11.1. The Balaban J connectivity index is 1.44. The fourth-order valence-electron chi connectivity index (χ4n) is 2.37. The van der Waals surface area contributed by atoms with Gasteiger partial charge in [0.1, 0.15) is 5.75 Å². The Labute approximate surface area is 172 Å². The molecule has 1 aromatic carbocycles. The highest BCUT2D eigenvalue weighted by molar-refractivity contribution is 7.21. The molecule has 2 aromatic heterocycles. The number of thiophene rings is 2. The summed E-state index contributed by atoms with van der Waals surface area (Å²) in [7, 11) is 0. The van der Waals surface area contributed by atoms with E-state index in [1.807, 2.05) is 29.6 Å². The number of carbonyl (C=O) groups excluding carboxylic acids is 2. The van der Waals surface area contributed by atoms with Crippen molar-refractivity contribution in [3.63, 3.8) is 0 Å². The first-order valence-electron chi connectivity index (χ1n) is 8.38. The second-order valence-corrected chi connectivity index (χ2v) is 7.89. The molecule has 3 rings (SSSR count). The minimum absolute atomic E-state index is 0.179. The number of amides is 2. The van der Waals surface area contributed by atoms with Gasteiger partial charge < -0.3 is 15.4 Å². The van der Waals surface area contributed by atoms with Crippen molar-refractivity contribution < 1.29 is 27.5 Å². The lowest BCUT2D eigenvalue weighted by Crippen LogP contribution is -2.36. The Morgan fingerprint density at radius 1 is 0.966 bits per heavy atom. The molecule has 0 bridgehead atoms. The molecular weight excluding hydrogens is 425 g/mol. The number of halogens is 3. The number of nitrogens with one attached hydrogen (secondary N) is 2. The van der Waals surface area contributed by atoms with Crippen LogP contribution in [0.15, 0.2) is 53.9 Å². The maximum Gasteiger partial charge on any atom is 0.573 e. The summed E-state index contributed by atoms with van der Waals surface area (Å²) in [5, 5.41) is 6.85. The van der Waals surface area contributed by atoms with E-state index in [1.54, 1.807) is 22.7 Å². The van der Waals surface area contributed by atoms with E-state index in [0.29, 0.717) is 6.42 Å². The molecule has 5 nitrogen and oxygen atoms in total. The van der Waals surface area contributed by atoms with Crippen molar-refractivity contribution in [2.24, 2.45) is 0 Å². The SMILES string of the molecule is O=C(NCCc1ccc(-c2cccs2)s1)C(=O)Nc1ccc(OC(F)(F)F)cc1. The predicted octanol–water partition coefficient (Wildman–Crippen LogP) is 4.67. The first-order chi connectivity index (χ1) is 13.8. The van der Waals surface area contributed by atoms with Crippen LogP contribution in [0.1, 0.15) is 4.88 Å². The zero-order valence-corrected chi connectivity index (χ0v) is 16.4. The van der Waals surface area contributed by atoms with Gasteiger partial charge in [-0.05, 0) is 54.3 Å².